The van der Waals surface area contributed by atoms with Gasteiger partial charge < -0.3 is 0 Å². The minimum absolute atomic E-state index is 1.01. The molecule has 0 N–H and O–H groups in total. The van der Waals surface area contributed by atoms with Crippen LogP contribution in [-0.4, -0.2) is 0 Å². The smallest absolute Gasteiger partial charge is 0.0355 e. The van der Waals surface area contributed by atoms with Gasteiger partial charge in [-0.2, -0.15) is 0 Å². The SMILES string of the molecule is CCCCCCCCCC1[CH]CC1. The Kier molecular flexibility index (Phi) is 6.31. The first-order chi connectivity index (χ1) is 6.43. The van der Waals surface area contributed by atoms with Crippen molar-refractivity contribution < 1.29 is 0 Å². The molecule has 0 heterocycles. The summed E-state index contributed by atoms with van der Waals surface area (Å²) in [5.41, 5.74) is 0. The van der Waals surface area contributed by atoms with Crippen molar-refractivity contribution in [1.29, 1.82) is 0 Å². The van der Waals surface area contributed by atoms with E-state index in [1.807, 2.05) is 0 Å². The number of rotatable bonds is 8. The van der Waals surface area contributed by atoms with E-state index in [0.29, 0.717) is 0 Å². The molecule has 0 aromatic carbocycles. The highest BCUT2D eigenvalue weighted by Gasteiger charge is 2.16. The summed E-state index contributed by atoms with van der Waals surface area (Å²) in [6.07, 6.45) is 17.0. The first-order valence-corrected chi connectivity index (χ1v) is 6.27. The summed E-state index contributed by atoms with van der Waals surface area (Å²) in [6, 6.07) is 0. The Bertz CT molecular complexity index is 103. The summed E-state index contributed by atoms with van der Waals surface area (Å²) in [5, 5.41) is 0. The molecule has 0 saturated heterocycles. The number of hydrogen-bond donors (Lipinski definition) is 0. The van der Waals surface area contributed by atoms with E-state index in [-0.39, 0.29) is 0 Å². The zero-order chi connectivity index (χ0) is 9.36. The highest BCUT2D eigenvalue weighted by molar-refractivity contribution is 4.86. The third-order valence-electron chi connectivity index (χ3n) is 3.22. The second-order valence-corrected chi connectivity index (χ2v) is 4.48. The lowest BCUT2D eigenvalue weighted by atomic mass is 9.81. The summed E-state index contributed by atoms with van der Waals surface area (Å²) in [6.45, 7) is 2.28. The summed E-state index contributed by atoms with van der Waals surface area (Å²) < 4.78 is 0. The van der Waals surface area contributed by atoms with Crippen LogP contribution in [0.4, 0.5) is 0 Å². The van der Waals surface area contributed by atoms with Crippen LogP contribution in [0.25, 0.3) is 0 Å². The van der Waals surface area contributed by atoms with Gasteiger partial charge in [-0.25, -0.2) is 0 Å². The lowest BCUT2D eigenvalue weighted by Gasteiger charge is -2.24. The fourth-order valence-corrected chi connectivity index (χ4v) is 2.03. The van der Waals surface area contributed by atoms with Crippen LogP contribution >= 0.6 is 0 Å². The first-order valence-electron chi connectivity index (χ1n) is 6.27. The maximum Gasteiger partial charge on any atom is -0.0355 e. The largest absolute Gasteiger partial charge is 0.0654 e. The van der Waals surface area contributed by atoms with E-state index < -0.39 is 0 Å². The second kappa shape index (κ2) is 7.41. The van der Waals surface area contributed by atoms with Gasteiger partial charge in [0.05, 0.1) is 0 Å². The predicted octanol–water partition coefficient (Wildman–Crippen LogP) is 4.74. The van der Waals surface area contributed by atoms with E-state index in [1.54, 1.807) is 0 Å². The normalized spacial score (nSPS) is 17.3. The van der Waals surface area contributed by atoms with Crippen LogP contribution in [-0.2, 0) is 0 Å². The van der Waals surface area contributed by atoms with Crippen LogP contribution in [0, 0.1) is 12.3 Å². The van der Waals surface area contributed by atoms with Crippen molar-refractivity contribution in [2.24, 2.45) is 5.92 Å². The molecule has 77 valence electrons. The van der Waals surface area contributed by atoms with Crippen LogP contribution in [0.1, 0.15) is 71.1 Å². The maximum absolute atomic E-state index is 2.50. The van der Waals surface area contributed by atoms with Crippen molar-refractivity contribution in [3.63, 3.8) is 0 Å². The molecule has 1 aliphatic carbocycles. The van der Waals surface area contributed by atoms with E-state index in [2.05, 4.69) is 13.3 Å². The van der Waals surface area contributed by atoms with Crippen molar-refractivity contribution >= 4 is 0 Å². The van der Waals surface area contributed by atoms with Crippen molar-refractivity contribution in [3.8, 4) is 0 Å². The van der Waals surface area contributed by atoms with Gasteiger partial charge in [0.25, 0.3) is 0 Å². The molecular formula is C13H25. The molecule has 0 heteroatoms. The molecule has 1 saturated carbocycles. The van der Waals surface area contributed by atoms with Crippen molar-refractivity contribution in [3.05, 3.63) is 6.42 Å². The van der Waals surface area contributed by atoms with Crippen molar-refractivity contribution in [1.82, 2.24) is 0 Å². The third kappa shape index (κ3) is 5.33. The molecule has 0 aromatic rings. The number of hydrogen-bond acceptors (Lipinski definition) is 0. The Morgan fingerprint density at radius 2 is 1.62 bits per heavy atom. The van der Waals surface area contributed by atoms with Gasteiger partial charge >= 0.3 is 0 Å². The summed E-state index contributed by atoms with van der Waals surface area (Å²) in [5.74, 6) is 1.01. The summed E-state index contributed by atoms with van der Waals surface area (Å²) in [7, 11) is 0. The minimum Gasteiger partial charge on any atom is -0.0654 e. The molecule has 13 heavy (non-hydrogen) atoms. The molecule has 0 aromatic heterocycles. The molecule has 1 unspecified atom stereocenters. The lowest BCUT2D eigenvalue weighted by Crippen LogP contribution is -2.11. The van der Waals surface area contributed by atoms with Crippen LogP contribution in [0.15, 0.2) is 0 Å². The molecule has 0 nitrogen and oxygen atoms in total. The van der Waals surface area contributed by atoms with Gasteiger partial charge in [0.15, 0.2) is 0 Å². The standard InChI is InChI=1S/C13H25/c1-2-3-4-5-6-7-8-10-13-11-9-12-13/h11,13H,2-10,12H2,1H3. The summed E-state index contributed by atoms with van der Waals surface area (Å²) >= 11 is 0. The highest BCUT2D eigenvalue weighted by atomic mass is 14.2. The lowest BCUT2D eigenvalue weighted by molar-refractivity contribution is 0.385. The molecule has 1 fully saturated rings. The van der Waals surface area contributed by atoms with Crippen molar-refractivity contribution in [2.45, 2.75) is 71.1 Å². The topological polar surface area (TPSA) is 0 Å². The van der Waals surface area contributed by atoms with E-state index in [0.717, 1.165) is 5.92 Å². The quantitative estimate of drug-likeness (QED) is 0.474. The summed E-state index contributed by atoms with van der Waals surface area (Å²) in [4.78, 5) is 0. The molecule has 1 aliphatic rings. The molecule has 0 bridgehead atoms. The van der Waals surface area contributed by atoms with E-state index in [1.165, 1.54) is 64.2 Å². The first kappa shape index (κ1) is 11.1. The monoisotopic (exact) mass is 181 g/mol. The number of unbranched alkanes of at least 4 members (excludes halogenated alkanes) is 6. The van der Waals surface area contributed by atoms with Gasteiger partial charge in [-0.3, -0.25) is 0 Å². The second-order valence-electron chi connectivity index (χ2n) is 4.48. The predicted molar refractivity (Wildman–Crippen MR) is 59.6 cm³/mol. The van der Waals surface area contributed by atoms with Crippen LogP contribution < -0.4 is 0 Å². The Balaban J connectivity index is 1.68. The molecule has 0 aliphatic heterocycles. The van der Waals surface area contributed by atoms with Crippen LogP contribution in [0.2, 0.25) is 0 Å². The molecule has 0 spiro atoms. The van der Waals surface area contributed by atoms with Gasteiger partial charge in [0.2, 0.25) is 0 Å². The zero-order valence-electron chi connectivity index (χ0n) is 9.23. The van der Waals surface area contributed by atoms with Gasteiger partial charge in [-0.15, -0.1) is 0 Å². The molecule has 1 radical (unpaired) electrons. The third-order valence-corrected chi connectivity index (χ3v) is 3.22. The van der Waals surface area contributed by atoms with E-state index in [4.69, 9.17) is 0 Å². The molecule has 1 rings (SSSR count). The van der Waals surface area contributed by atoms with Gasteiger partial charge in [-0.1, -0.05) is 58.3 Å². The van der Waals surface area contributed by atoms with Crippen molar-refractivity contribution in [2.75, 3.05) is 0 Å². The van der Waals surface area contributed by atoms with Gasteiger partial charge in [-0.05, 0) is 25.2 Å². The fraction of sp³-hybridized carbons (Fsp3) is 0.923. The Labute approximate surface area is 84.1 Å². The van der Waals surface area contributed by atoms with Gasteiger partial charge in [0, 0.05) is 0 Å². The molecule has 0 amide bonds. The Morgan fingerprint density at radius 3 is 2.15 bits per heavy atom. The minimum atomic E-state index is 1.01. The Hall–Kier alpha value is 0. The van der Waals surface area contributed by atoms with Crippen LogP contribution in [0.5, 0.6) is 0 Å². The highest BCUT2D eigenvalue weighted by Crippen LogP contribution is 2.29. The average Bonchev–Trinajstić information content (AvgIpc) is 2.07. The molecule has 1 atom stereocenters. The van der Waals surface area contributed by atoms with E-state index >= 15 is 0 Å². The van der Waals surface area contributed by atoms with E-state index in [9.17, 15) is 0 Å². The fourth-order valence-electron chi connectivity index (χ4n) is 2.03. The Morgan fingerprint density at radius 1 is 1.00 bits per heavy atom. The average molecular weight is 181 g/mol. The van der Waals surface area contributed by atoms with Gasteiger partial charge in [0.1, 0.15) is 0 Å². The van der Waals surface area contributed by atoms with Crippen LogP contribution in [0.3, 0.4) is 0 Å². The molecular weight excluding hydrogens is 156 g/mol. The maximum atomic E-state index is 2.50. The zero-order valence-corrected chi connectivity index (χ0v) is 9.23.